The lowest BCUT2D eigenvalue weighted by Crippen LogP contribution is -2.36. The molecular weight excluding hydrogens is 320 g/mol. The van der Waals surface area contributed by atoms with Gasteiger partial charge in [0, 0.05) is 11.9 Å². The van der Waals surface area contributed by atoms with E-state index in [-0.39, 0.29) is 16.9 Å². The number of aryl methyl sites for hydroxylation is 1. The maximum Gasteiger partial charge on any atom is 0.260 e. The molecule has 0 amide bonds. The lowest BCUT2D eigenvalue weighted by molar-refractivity contribution is 0.121. The van der Waals surface area contributed by atoms with Crippen LogP contribution in [0.4, 0.5) is 8.78 Å². The predicted molar refractivity (Wildman–Crippen MR) is 61.9 cm³/mol. The molecule has 17 heavy (non-hydrogen) atoms. The number of hydrogen-bond acceptors (Lipinski definition) is 3. The average Bonchev–Trinajstić information content (AvgIpc) is 2.64. The number of nitrogens with one attached hydrogen (secondary N) is 1. The molecule has 0 bridgehead atoms. The summed E-state index contributed by atoms with van der Waals surface area (Å²) in [4.78, 5) is 6.27. The molecule has 98 valence electrons. The molecule has 0 fully saturated rings. The van der Waals surface area contributed by atoms with Crippen molar-refractivity contribution < 1.29 is 17.2 Å². The second kappa shape index (κ2) is 5.87. The molecule has 0 aliphatic heterocycles. The first kappa shape index (κ1) is 14.5. The van der Waals surface area contributed by atoms with E-state index in [9.17, 15) is 17.2 Å². The summed E-state index contributed by atoms with van der Waals surface area (Å²) in [6, 6.07) is 0. The lowest BCUT2D eigenvalue weighted by atomic mass is 10.6. The molecule has 0 unspecified atom stereocenters. The van der Waals surface area contributed by atoms with Gasteiger partial charge in [0.1, 0.15) is 5.82 Å². The lowest BCUT2D eigenvalue weighted by Gasteiger charge is -2.19. The van der Waals surface area contributed by atoms with Crippen molar-refractivity contribution in [1.29, 1.82) is 0 Å². The Kier molecular flexibility index (Phi) is 5.02. The van der Waals surface area contributed by atoms with E-state index in [0.29, 0.717) is 5.82 Å². The fourth-order valence-electron chi connectivity index (χ4n) is 1.23. The molecule has 0 aromatic carbocycles. The van der Waals surface area contributed by atoms with E-state index in [4.69, 9.17) is 0 Å². The Labute approximate surface area is 106 Å². The molecule has 0 atom stereocenters. The minimum Gasteiger partial charge on any atom is -0.332 e. The van der Waals surface area contributed by atoms with Crippen molar-refractivity contribution in [3.63, 3.8) is 0 Å². The van der Waals surface area contributed by atoms with E-state index in [2.05, 4.69) is 25.9 Å². The Morgan fingerprint density at radius 3 is 2.65 bits per heavy atom. The van der Waals surface area contributed by atoms with Crippen molar-refractivity contribution in [2.24, 2.45) is 0 Å². The Morgan fingerprint density at radius 2 is 2.24 bits per heavy atom. The van der Waals surface area contributed by atoms with E-state index in [1.54, 1.807) is 6.92 Å². The van der Waals surface area contributed by atoms with E-state index in [1.807, 2.05) is 0 Å². The van der Waals surface area contributed by atoms with Crippen LogP contribution in [0, 0.1) is 6.92 Å². The maximum atomic E-state index is 12.3. The third-order valence-electron chi connectivity index (χ3n) is 1.97. The van der Waals surface area contributed by atoms with Crippen LogP contribution in [-0.2, 0) is 10.0 Å². The summed E-state index contributed by atoms with van der Waals surface area (Å²) in [5.41, 5.74) is 0. The van der Waals surface area contributed by atoms with Crippen LogP contribution < -0.4 is 0 Å². The Bertz CT molecular complexity index is 463. The van der Waals surface area contributed by atoms with Crippen molar-refractivity contribution in [3.05, 3.63) is 12.0 Å². The first-order chi connectivity index (χ1) is 7.87. The highest BCUT2D eigenvalue weighted by Gasteiger charge is 2.28. The number of imidazole rings is 1. The smallest absolute Gasteiger partial charge is 0.260 e. The highest BCUT2D eigenvalue weighted by atomic mass is 79.9. The fraction of sp³-hybridized carbons (Fsp3) is 0.625. The number of aromatic nitrogens is 2. The molecule has 9 heteroatoms. The third-order valence-corrected chi connectivity index (χ3v) is 4.10. The van der Waals surface area contributed by atoms with Crippen molar-refractivity contribution in [2.45, 2.75) is 18.4 Å². The molecule has 0 aliphatic carbocycles. The first-order valence-corrected chi connectivity index (χ1v) is 7.30. The molecule has 1 rings (SSSR count). The first-order valence-electron chi connectivity index (χ1n) is 4.73. The van der Waals surface area contributed by atoms with Gasteiger partial charge in [-0.1, -0.05) is 15.9 Å². The van der Waals surface area contributed by atoms with Gasteiger partial charge in [-0.15, -0.1) is 0 Å². The van der Waals surface area contributed by atoms with Crippen LogP contribution >= 0.6 is 15.9 Å². The molecule has 1 aromatic heterocycles. The van der Waals surface area contributed by atoms with Gasteiger partial charge >= 0.3 is 0 Å². The summed E-state index contributed by atoms with van der Waals surface area (Å²) in [5.74, 6) is 0.416. The average molecular weight is 332 g/mol. The quantitative estimate of drug-likeness (QED) is 0.800. The van der Waals surface area contributed by atoms with Crippen molar-refractivity contribution >= 4 is 26.0 Å². The van der Waals surface area contributed by atoms with Gasteiger partial charge in [-0.05, 0) is 6.92 Å². The number of aromatic amines is 1. The van der Waals surface area contributed by atoms with Gasteiger partial charge in [0.05, 0.1) is 12.7 Å². The van der Waals surface area contributed by atoms with Crippen LogP contribution in [0.25, 0.3) is 0 Å². The number of sulfonamides is 1. The molecule has 1 N–H and O–H groups in total. The summed E-state index contributed by atoms with van der Waals surface area (Å²) >= 11 is 3.03. The highest BCUT2D eigenvalue weighted by Crippen LogP contribution is 2.15. The van der Waals surface area contributed by atoms with Crippen LogP contribution in [0.1, 0.15) is 5.82 Å². The molecule has 0 aliphatic rings. The van der Waals surface area contributed by atoms with Gasteiger partial charge in [-0.25, -0.2) is 22.2 Å². The number of hydrogen-bond donors (Lipinski definition) is 1. The van der Waals surface area contributed by atoms with Gasteiger partial charge in [0.2, 0.25) is 0 Å². The summed E-state index contributed by atoms with van der Waals surface area (Å²) in [6.07, 6.45) is -1.59. The zero-order valence-corrected chi connectivity index (χ0v) is 11.4. The van der Waals surface area contributed by atoms with Crippen LogP contribution in [0.15, 0.2) is 11.2 Å². The topological polar surface area (TPSA) is 66.1 Å². The minimum absolute atomic E-state index is 0.0231. The molecule has 0 saturated heterocycles. The number of alkyl halides is 3. The van der Waals surface area contributed by atoms with E-state index < -0.39 is 23.0 Å². The summed E-state index contributed by atoms with van der Waals surface area (Å²) in [7, 11) is -3.93. The Balaban J connectivity index is 2.99. The predicted octanol–water partition coefficient (Wildman–Crippen LogP) is 1.37. The summed E-state index contributed by atoms with van der Waals surface area (Å²) in [6.45, 7) is 0.734. The SMILES string of the molecule is Cc1ncc(S(=O)(=O)N(CCBr)CC(F)F)[nH]1. The molecule has 1 aromatic rings. The van der Waals surface area contributed by atoms with Gasteiger partial charge < -0.3 is 4.98 Å². The van der Waals surface area contributed by atoms with Crippen molar-refractivity contribution in [2.75, 3.05) is 18.4 Å². The van der Waals surface area contributed by atoms with Gasteiger partial charge in [0.15, 0.2) is 5.03 Å². The van der Waals surface area contributed by atoms with Crippen LogP contribution in [0.5, 0.6) is 0 Å². The second-order valence-electron chi connectivity index (χ2n) is 3.28. The van der Waals surface area contributed by atoms with E-state index in [0.717, 1.165) is 10.5 Å². The highest BCUT2D eigenvalue weighted by molar-refractivity contribution is 9.09. The van der Waals surface area contributed by atoms with Crippen LogP contribution in [0.3, 0.4) is 0 Å². The standard InChI is InChI=1S/C8H12BrF2N3O2S/c1-6-12-4-8(13-6)17(15,16)14(3-2-9)5-7(10)11/h4,7H,2-3,5H2,1H3,(H,12,13). The van der Waals surface area contributed by atoms with E-state index in [1.165, 1.54) is 0 Å². The van der Waals surface area contributed by atoms with Gasteiger partial charge in [-0.3, -0.25) is 0 Å². The molecule has 0 spiro atoms. The van der Waals surface area contributed by atoms with Crippen molar-refractivity contribution in [3.8, 4) is 0 Å². The maximum absolute atomic E-state index is 12.3. The molecule has 0 radical (unpaired) electrons. The molecular formula is C8H12BrF2N3O2S. The minimum atomic E-state index is -3.93. The normalized spacial score (nSPS) is 12.6. The molecule has 0 saturated carbocycles. The fourth-order valence-corrected chi connectivity index (χ4v) is 3.27. The number of H-pyrrole nitrogens is 1. The Hall–Kier alpha value is -0.540. The number of nitrogens with zero attached hydrogens (tertiary/aromatic N) is 2. The Morgan fingerprint density at radius 1 is 1.59 bits per heavy atom. The van der Waals surface area contributed by atoms with Crippen molar-refractivity contribution in [1.82, 2.24) is 14.3 Å². The zero-order chi connectivity index (χ0) is 13.1. The monoisotopic (exact) mass is 331 g/mol. The second-order valence-corrected chi connectivity index (χ2v) is 5.98. The van der Waals surface area contributed by atoms with Gasteiger partial charge in [0.25, 0.3) is 16.4 Å². The molecule has 1 heterocycles. The largest absolute Gasteiger partial charge is 0.332 e. The van der Waals surface area contributed by atoms with Gasteiger partial charge in [-0.2, -0.15) is 4.31 Å². The molecule has 5 nitrogen and oxygen atoms in total. The van der Waals surface area contributed by atoms with E-state index >= 15 is 0 Å². The van der Waals surface area contributed by atoms with Crippen LogP contribution in [-0.4, -0.2) is 47.5 Å². The zero-order valence-electron chi connectivity index (χ0n) is 9.03. The number of halogens is 3. The van der Waals surface area contributed by atoms with Crippen LogP contribution in [0.2, 0.25) is 0 Å². The third kappa shape index (κ3) is 3.71. The number of rotatable bonds is 6. The summed E-state index contributed by atoms with van der Waals surface area (Å²) in [5, 5.41) is 0.114. The summed E-state index contributed by atoms with van der Waals surface area (Å²) < 4.78 is 49.3.